The van der Waals surface area contributed by atoms with Crippen LogP contribution in [0.1, 0.15) is 35.1 Å². The van der Waals surface area contributed by atoms with Crippen LogP contribution in [0.4, 0.5) is 5.13 Å². The largest absolute Gasteiger partial charge is 0.376 e. The predicted molar refractivity (Wildman–Crippen MR) is 67.2 cm³/mol. The van der Waals surface area contributed by atoms with Crippen molar-refractivity contribution in [3.63, 3.8) is 0 Å². The van der Waals surface area contributed by atoms with Gasteiger partial charge >= 0.3 is 0 Å². The van der Waals surface area contributed by atoms with Crippen LogP contribution in [0.3, 0.4) is 0 Å². The molecule has 94 valence electrons. The van der Waals surface area contributed by atoms with Gasteiger partial charge in [0.15, 0.2) is 5.13 Å². The molecule has 2 unspecified atom stereocenters. The van der Waals surface area contributed by atoms with Crippen molar-refractivity contribution in [2.24, 2.45) is 0 Å². The van der Waals surface area contributed by atoms with E-state index in [-0.39, 0.29) is 18.1 Å². The molecule has 1 aromatic heterocycles. The predicted octanol–water partition coefficient (Wildman–Crippen LogP) is 1.33. The number of carbonyl (C=O) groups is 1. The summed E-state index contributed by atoms with van der Waals surface area (Å²) >= 11 is 1.22. The summed E-state index contributed by atoms with van der Waals surface area (Å²) in [5.74, 6) is -0.111. The van der Waals surface area contributed by atoms with Gasteiger partial charge in [-0.15, -0.1) is 0 Å². The lowest BCUT2D eigenvalue weighted by atomic mass is 10.1. The SMILES string of the molecule is Cc1nc(N)sc1C(=O)NC(C)C1CCCO1. The highest BCUT2D eigenvalue weighted by molar-refractivity contribution is 7.17. The molecule has 1 aromatic rings. The number of hydrogen-bond acceptors (Lipinski definition) is 5. The molecular weight excluding hydrogens is 238 g/mol. The Kier molecular flexibility index (Phi) is 3.63. The zero-order chi connectivity index (χ0) is 12.4. The van der Waals surface area contributed by atoms with Gasteiger partial charge in [0.25, 0.3) is 5.91 Å². The summed E-state index contributed by atoms with van der Waals surface area (Å²) in [7, 11) is 0. The molecule has 0 spiro atoms. The number of aryl methyl sites for hydroxylation is 1. The van der Waals surface area contributed by atoms with E-state index in [0.717, 1.165) is 19.4 Å². The Labute approximate surface area is 104 Å². The molecule has 0 aromatic carbocycles. The first kappa shape index (κ1) is 12.3. The maximum absolute atomic E-state index is 12.0. The van der Waals surface area contributed by atoms with E-state index in [1.165, 1.54) is 11.3 Å². The molecule has 2 atom stereocenters. The number of ether oxygens (including phenoxy) is 1. The molecule has 2 rings (SSSR count). The lowest BCUT2D eigenvalue weighted by molar-refractivity contribution is 0.0714. The molecule has 1 aliphatic rings. The Morgan fingerprint density at radius 3 is 3.00 bits per heavy atom. The number of carbonyl (C=O) groups excluding carboxylic acids is 1. The van der Waals surface area contributed by atoms with Crippen LogP contribution in [0.5, 0.6) is 0 Å². The summed E-state index contributed by atoms with van der Waals surface area (Å²) in [5.41, 5.74) is 6.26. The van der Waals surface area contributed by atoms with Crippen LogP contribution in [0.15, 0.2) is 0 Å². The van der Waals surface area contributed by atoms with Crippen molar-refractivity contribution in [2.45, 2.75) is 38.8 Å². The standard InChI is InChI=1S/C11H17N3O2S/c1-6(8-4-3-5-16-8)13-10(15)9-7(2)14-11(12)17-9/h6,8H,3-5H2,1-2H3,(H2,12,14)(H,13,15). The van der Waals surface area contributed by atoms with Gasteiger partial charge in [0.05, 0.1) is 17.8 Å². The van der Waals surface area contributed by atoms with Crippen molar-refractivity contribution >= 4 is 22.4 Å². The zero-order valence-electron chi connectivity index (χ0n) is 10.0. The van der Waals surface area contributed by atoms with Crippen LogP contribution in [-0.4, -0.2) is 29.6 Å². The number of nitrogens with two attached hydrogens (primary N) is 1. The third-order valence-electron chi connectivity index (χ3n) is 2.90. The average Bonchev–Trinajstić information content (AvgIpc) is 2.87. The first-order chi connectivity index (χ1) is 8.08. The van der Waals surface area contributed by atoms with Crippen molar-refractivity contribution in [3.05, 3.63) is 10.6 Å². The summed E-state index contributed by atoms with van der Waals surface area (Å²) in [4.78, 5) is 16.6. The number of nitrogens with one attached hydrogen (secondary N) is 1. The van der Waals surface area contributed by atoms with Crippen molar-refractivity contribution in [1.82, 2.24) is 10.3 Å². The number of rotatable bonds is 3. The second kappa shape index (κ2) is 5.01. The molecule has 17 heavy (non-hydrogen) atoms. The van der Waals surface area contributed by atoms with Crippen molar-refractivity contribution in [3.8, 4) is 0 Å². The second-order valence-corrected chi connectivity index (χ2v) is 5.31. The maximum atomic E-state index is 12.0. The van der Waals surface area contributed by atoms with Crippen LogP contribution in [0, 0.1) is 6.92 Å². The quantitative estimate of drug-likeness (QED) is 0.854. The molecule has 2 heterocycles. The van der Waals surface area contributed by atoms with Gasteiger partial charge in [0.1, 0.15) is 4.88 Å². The summed E-state index contributed by atoms with van der Waals surface area (Å²) in [6.45, 7) is 4.55. The van der Waals surface area contributed by atoms with Crippen LogP contribution in [-0.2, 0) is 4.74 Å². The molecule has 0 saturated carbocycles. The first-order valence-electron chi connectivity index (χ1n) is 5.73. The molecule has 6 heteroatoms. The van der Waals surface area contributed by atoms with E-state index in [1.54, 1.807) is 6.92 Å². The van der Waals surface area contributed by atoms with Gasteiger partial charge in [-0.3, -0.25) is 4.79 Å². The Morgan fingerprint density at radius 2 is 2.47 bits per heavy atom. The Hall–Kier alpha value is -1.14. The van der Waals surface area contributed by atoms with E-state index in [4.69, 9.17) is 10.5 Å². The summed E-state index contributed by atoms with van der Waals surface area (Å²) in [6.07, 6.45) is 2.20. The highest BCUT2D eigenvalue weighted by atomic mass is 32.1. The van der Waals surface area contributed by atoms with Crippen LogP contribution >= 0.6 is 11.3 Å². The summed E-state index contributed by atoms with van der Waals surface area (Å²) < 4.78 is 5.54. The van der Waals surface area contributed by atoms with Crippen LogP contribution < -0.4 is 11.1 Å². The third kappa shape index (κ3) is 2.76. The molecule has 0 aliphatic carbocycles. The monoisotopic (exact) mass is 255 g/mol. The molecule has 5 nitrogen and oxygen atoms in total. The van der Waals surface area contributed by atoms with E-state index >= 15 is 0 Å². The zero-order valence-corrected chi connectivity index (χ0v) is 10.8. The van der Waals surface area contributed by atoms with Gasteiger partial charge in [-0.1, -0.05) is 11.3 Å². The number of nitrogen functional groups attached to an aromatic ring is 1. The van der Waals surface area contributed by atoms with E-state index in [0.29, 0.717) is 15.7 Å². The highest BCUT2D eigenvalue weighted by Gasteiger charge is 2.25. The molecule has 1 aliphatic heterocycles. The van der Waals surface area contributed by atoms with Gasteiger partial charge < -0.3 is 15.8 Å². The molecule has 1 amide bonds. The summed E-state index contributed by atoms with van der Waals surface area (Å²) in [6, 6.07) is 0.0210. The Morgan fingerprint density at radius 1 is 1.71 bits per heavy atom. The number of aromatic nitrogens is 1. The number of anilines is 1. The summed E-state index contributed by atoms with van der Waals surface area (Å²) in [5, 5.41) is 3.37. The normalized spacial score (nSPS) is 21.4. The van der Waals surface area contributed by atoms with E-state index in [2.05, 4.69) is 10.3 Å². The minimum Gasteiger partial charge on any atom is -0.376 e. The maximum Gasteiger partial charge on any atom is 0.263 e. The molecule has 3 N–H and O–H groups in total. The van der Waals surface area contributed by atoms with Gasteiger partial charge in [0.2, 0.25) is 0 Å². The second-order valence-electron chi connectivity index (χ2n) is 4.28. The van der Waals surface area contributed by atoms with Crippen molar-refractivity contribution in [1.29, 1.82) is 0 Å². The first-order valence-corrected chi connectivity index (χ1v) is 6.55. The number of hydrogen-bond donors (Lipinski definition) is 2. The molecular formula is C11H17N3O2S. The lowest BCUT2D eigenvalue weighted by Gasteiger charge is -2.19. The number of amides is 1. The van der Waals surface area contributed by atoms with Gasteiger partial charge in [-0.05, 0) is 26.7 Å². The lowest BCUT2D eigenvalue weighted by Crippen LogP contribution is -2.40. The number of nitrogens with zero attached hydrogens (tertiary/aromatic N) is 1. The van der Waals surface area contributed by atoms with Crippen LogP contribution in [0.25, 0.3) is 0 Å². The minimum absolute atomic E-state index is 0.0210. The fourth-order valence-electron chi connectivity index (χ4n) is 1.99. The van der Waals surface area contributed by atoms with Gasteiger partial charge in [0, 0.05) is 6.61 Å². The average molecular weight is 255 g/mol. The molecule has 0 bridgehead atoms. The topological polar surface area (TPSA) is 77.2 Å². The highest BCUT2D eigenvalue weighted by Crippen LogP contribution is 2.20. The smallest absolute Gasteiger partial charge is 0.263 e. The van der Waals surface area contributed by atoms with Crippen LogP contribution in [0.2, 0.25) is 0 Å². The molecule has 1 saturated heterocycles. The fourth-order valence-corrected chi connectivity index (χ4v) is 2.73. The van der Waals surface area contributed by atoms with Crippen molar-refractivity contribution in [2.75, 3.05) is 12.3 Å². The van der Waals surface area contributed by atoms with E-state index in [9.17, 15) is 4.79 Å². The van der Waals surface area contributed by atoms with Gasteiger partial charge in [-0.2, -0.15) is 0 Å². The van der Waals surface area contributed by atoms with Crippen molar-refractivity contribution < 1.29 is 9.53 Å². The van der Waals surface area contributed by atoms with Gasteiger partial charge in [-0.25, -0.2) is 4.98 Å². The fraction of sp³-hybridized carbons (Fsp3) is 0.636. The van der Waals surface area contributed by atoms with E-state index in [1.807, 2.05) is 6.92 Å². The Bertz CT molecular complexity index is 413. The van der Waals surface area contributed by atoms with E-state index < -0.39 is 0 Å². The minimum atomic E-state index is -0.111. The Balaban J connectivity index is 1.98. The molecule has 0 radical (unpaired) electrons. The number of thiazole rings is 1. The molecule has 1 fully saturated rings. The third-order valence-corrected chi connectivity index (χ3v) is 3.89.